The Morgan fingerprint density at radius 1 is 1.43 bits per heavy atom. The minimum absolute atomic E-state index is 0.283. The molecule has 0 bridgehead atoms. The third-order valence-corrected chi connectivity index (χ3v) is 4.08. The number of carbonyl (C=O) groups is 1. The Kier molecular flexibility index (Phi) is 2.18. The van der Waals surface area contributed by atoms with E-state index in [1.807, 2.05) is 0 Å². The molecule has 2 aliphatic rings. The summed E-state index contributed by atoms with van der Waals surface area (Å²) in [4.78, 5) is 12.7. The predicted octanol–water partition coefficient (Wildman–Crippen LogP) is 3.56. The monoisotopic (exact) mass is 443 g/mol. The van der Waals surface area contributed by atoms with E-state index in [0.717, 1.165) is 0 Å². The Morgan fingerprint density at radius 2 is 2.17 bits per heavy atom. The summed E-state index contributed by atoms with van der Waals surface area (Å²) in [7, 11) is -7.35. The van der Waals surface area contributed by atoms with E-state index in [9.17, 15) is 14.4 Å². The number of rotatable bonds is 7. The van der Waals surface area contributed by atoms with E-state index in [1.165, 1.54) is 13.8 Å². The number of ether oxygens (including phenoxy) is 3. The molecule has 1 saturated heterocycles. The van der Waals surface area contributed by atoms with Gasteiger partial charge in [0.05, 0.1) is 27.8 Å². The maximum absolute atomic E-state index is 13.5. The number of hydrogen-bond acceptors (Lipinski definition) is 6. The van der Waals surface area contributed by atoms with Gasteiger partial charge in [0.1, 0.15) is 12.1 Å². The maximum atomic E-state index is 13.5. The van der Waals surface area contributed by atoms with Crippen LogP contribution in [-0.4, -0.2) is 50.1 Å². The number of hydrogen-bond donors (Lipinski definition) is 1. The van der Waals surface area contributed by atoms with E-state index in [1.54, 1.807) is 0 Å². The van der Waals surface area contributed by atoms with Crippen LogP contribution in [0.25, 0.3) is 0 Å². The highest BCUT2D eigenvalue weighted by Gasteiger charge is 2.41. The van der Waals surface area contributed by atoms with Crippen molar-refractivity contribution in [3.05, 3.63) is 23.2 Å². The number of benzene rings is 1. The summed E-state index contributed by atoms with van der Waals surface area (Å²) in [5, 5.41) is 0. The minimum Gasteiger partial charge on any atom is -0.493 e. The van der Waals surface area contributed by atoms with Crippen molar-refractivity contribution >= 4 is 5.97 Å². The predicted molar refractivity (Wildman–Crippen MR) is 118 cm³/mol. The van der Waals surface area contributed by atoms with Crippen molar-refractivity contribution in [3.8, 4) is 11.5 Å². The number of piperidine rings is 1. The third-order valence-electron chi connectivity index (χ3n) is 4.08. The largest absolute Gasteiger partial charge is 0.493 e. The van der Waals surface area contributed by atoms with Gasteiger partial charge in [0.15, 0.2) is 11.5 Å². The second-order valence-corrected chi connectivity index (χ2v) is 6.67. The molecular formula is C24H38N2O4. The first-order valence-corrected chi connectivity index (χ1v) is 8.71. The third kappa shape index (κ3) is 4.75. The summed E-state index contributed by atoms with van der Waals surface area (Å²) in [6.45, 7) is -10.2. The lowest BCUT2D eigenvalue weighted by Gasteiger charge is -2.47. The van der Waals surface area contributed by atoms with Crippen molar-refractivity contribution < 1.29 is 53.3 Å². The Bertz CT molecular complexity index is 1720. The molecule has 0 amide bonds. The van der Waals surface area contributed by atoms with Crippen molar-refractivity contribution in [3.63, 3.8) is 0 Å². The van der Waals surface area contributed by atoms with Crippen LogP contribution < -0.4 is 15.2 Å². The molecule has 2 N–H and O–H groups in total. The van der Waals surface area contributed by atoms with E-state index in [0.29, 0.717) is 0 Å². The standard InChI is InChI=1S/C24H38N2O4/c1-14(2)9-17-13-26-8-7-16-10-21(28-5)22(29-6)11-18(16)19(26)12-20(17)30-24(27)23(25)15(3)4/h10-11,14-15,17,19-20,23H,7-9,12-13,25H2,1-6H3/t17?,19?,20?,23-/m0/s1/i1D3,5D3,6D3,7D2,8D2,9D2,10D,11D,12D2,13D2,14D,17D,19D,20D/t14?,17?,19?,20?,23-. The van der Waals surface area contributed by atoms with Crippen LogP contribution in [-0.2, 0) is 15.9 Å². The van der Waals surface area contributed by atoms with Gasteiger partial charge in [-0.25, -0.2) is 0 Å². The molecule has 2 aliphatic heterocycles. The van der Waals surface area contributed by atoms with Gasteiger partial charge in [0.25, 0.3) is 0 Å². The molecule has 6 heteroatoms. The molecule has 1 fully saturated rings. The summed E-state index contributed by atoms with van der Waals surface area (Å²) in [6.07, 6.45) is -18.1. The first-order chi connectivity index (χ1) is 23.9. The first kappa shape index (κ1) is 6.85. The molecule has 5 atom stereocenters. The lowest BCUT2D eigenvalue weighted by Crippen LogP contribution is -2.51. The van der Waals surface area contributed by atoms with Crippen LogP contribution in [0.5, 0.6) is 11.5 Å². The Hall–Kier alpha value is -1.79. The summed E-state index contributed by atoms with van der Waals surface area (Å²) in [5.74, 6) is -14.7. The average Bonchev–Trinajstić information content (AvgIpc) is 2.95. The SMILES string of the molecule is [2H]c1c(OC([2H])([2H])[2H])c(OC([2H])([2H])[2H])c([2H])c2c1C([2H])([2H])C([2H])([2H])N1C([2H])([2H])C([2H])(C([2H])([2H])C([2H])(C)C([2H])([2H])[2H])C([2H])(OC(=O)[C@@H](N)C(C)C)C([2H])([2H])C21[2H]. The quantitative estimate of drug-likeness (QED) is 0.650. The fourth-order valence-corrected chi connectivity index (χ4v) is 2.48. The van der Waals surface area contributed by atoms with Gasteiger partial charge in [0.2, 0.25) is 0 Å². The summed E-state index contributed by atoms with van der Waals surface area (Å²) < 4.78 is 229. The number of esters is 1. The van der Waals surface area contributed by atoms with Crippen LogP contribution in [0.15, 0.2) is 12.1 Å². The number of nitrogens with two attached hydrogens (primary N) is 1. The van der Waals surface area contributed by atoms with Gasteiger partial charge >= 0.3 is 5.97 Å². The van der Waals surface area contributed by atoms with Crippen LogP contribution in [0.4, 0.5) is 0 Å². The van der Waals surface area contributed by atoms with Crippen LogP contribution in [0.1, 0.15) is 91.8 Å². The van der Waals surface area contributed by atoms with E-state index in [-0.39, 0.29) is 6.92 Å². The normalized spacial score (nSPS) is 54.9. The number of fused-ring (bicyclic) bond motifs is 3. The molecule has 0 saturated carbocycles. The van der Waals surface area contributed by atoms with Crippen molar-refractivity contribution in [1.82, 2.24) is 4.90 Å². The molecule has 30 heavy (non-hydrogen) atoms. The van der Waals surface area contributed by atoms with Crippen molar-refractivity contribution in [2.45, 2.75) is 64.9 Å². The molecule has 0 aliphatic carbocycles. The van der Waals surface area contributed by atoms with Gasteiger partial charge in [-0.1, -0.05) is 27.6 Å². The first-order valence-electron chi connectivity index (χ1n) is 21.2. The Morgan fingerprint density at radius 3 is 2.83 bits per heavy atom. The zero-order valence-electron chi connectivity index (χ0n) is 41.3. The average molecular weight is 444 g/mol. The highest BCUT2D eigenvalue weighted by molar-refractivity contribution is 5.76. The molecule has 1 aromatic carbocycles. The van der Waals surface area contributed by atoms with E-state index in [4.69, 9.17) is 39.9 Å². The molecular weight excluding hydrogens is 380 g/mol. The Balaban J connectivity index is 2.85. The molecule has 1 aromatic rings. The molecule has 2 heterocycles. The van der Waals surface area contributed by atoms with Gasteiger partial charge in [-0.2, -0.15) is 0 Å². The van der Waals surface area contributed by atoms with Crippen molar-refractivity contribution in [2.75, 3.05) is 27.1 Å². The second-order valence-electron chi connectivity index (χ2n) is 6.67. The molecule has 3 rings (SSSR count). The number of carbonyl (C=O) groups excluding carboxylic acids is 1. The fourth-order valence-electron chi connectivity index (χ4n) is 2.48. The zero-order valence-corrected chi connectivity index (χ0v) is 16.3. The lowest BCUT2D eigenvalue weighted by molar-refractivity contribution is -0.160. The molecule has 0 spiro atoms. The highest BCUT2D eigenvalue weighted by atomic mass is 16.5. The summed E-state index contributed by atoms with van der Waals surface area (Å²) >= 11 is 0. The smallest absolute Gasteiger partial charge is 0.323 e. The van der Waals surface area contributed by atoms with E-state index in [2.05, 4.69) is 4.74 Å². The van der Waals surface area contributed by atoms with Crippen molar-refractivity contribution in [1.29, 1.82) is 0 Å². The fraction of sp³-hybridized carbons (Fsp3) is 0.708. The van der Waals surface area contributed by atoms with Crippen LogP contribution in [0, 0.1) is 17.7 Å². The summed E-state index contributed by atoms with van der Waals surface area (Å²) in [5.41, 5.74) is 2.41. The van der Waals surface area contributed by atoms with Gasteiger partial charge in [-0.3, -0.25) is 9.69 Å². The van der Waals surface area contributed by atoms with E-state index < -0.39 is 134 Å². The van der Waals surface area contributed by atoms with Crippen molar-refractivity contribution in [2.24, 2.45) is 23.4 Å². The van der Waals surface area contributed by atoms with Crippen LogP contribution in [0.3, 0.4) is 0 Å². The molecule has 168 valence electrons. The molecule has 0 radical (unpaired) electrons. The van der Waals surface area contributed by atoms with Gasteiger partial charge in [-0.05, 0) is 47.8 Å². The molecule has 4 unspecified atom stereocenters. The van der Waals surface area contributed by atoms with Gasteiger partial charge in [-0.15, -0.1) is 0 Å². The zero-order chi connectivity index (χ0) is 43.9. The second kappa shape index (κ2) is 9.56. The number of methoxy groups -OCH3 is 2. The highest BCUT2D eigenvalue weighted by Crippen LogP contribution is 2.44. The van der Waals surface area contributed by atoms with Crippen LogP contribution >= 0.6 is 0 Å². The van der Waals surface area contributed by atoms with Crippen LogP contribution in [0.2, 0.25) is 0 Å². The topological polar surface area (TPSA) is 74.0 Å². The lowest BCUT2D eigenvalue weighted by atomic mass is 9.79. The van der Waals surface area contributed by atoms with Gasteiger partial charge < -0.3 is 19.9 Å². The molecule has 0 aromatic heterocycles. The van der Waals surface area contributed by atoms with Gasteiger partial charge in [0, 0.05) is 51.8 Å². The number of nitrogens with zero attached hydrogens (tertiary/aromatic N) is 1. The van der Waals surface area contributed by atoms with E-state index >= 15 is 0 Å². The minimum atomic E-state index is -4.80. The summed E-state index contributed by atoms with van der Waals surface area (Å²) in [6, 6.07) is -9.79. The molecule has 6 nitrogen and oxygen atoms in total. The Labute approximate surface area is 216 Å². The maximum Gasteiger partial charge on any atom is 0.323 e.